The fraction of sp³-hybridized carbons (Fsp3) is 0.792. The number of hydrogen-bond donors (Lipinski definition) is 2. The molecule has 0 bridgehead atoms. The maximum Gasteiger partial charge on any atom is 0.331 e. The SMILES string of the molecule is C/C(=C\[C@H](C(C)C)N(C)C(=O)[C@@H](NC(=O)C1CCCC(C)C1C)C(C)(C)C)C(=O)O. The van der Waals surface area contributed by atoms with Crippen molar-refractivity contribution in [3.8, 4) is 0 Å². The maximum atomic E-state index is 13.5. The molecule has 0 aromatic heterocycles. The molecule has 0 spiro atoms. The Morgan fingerprint density at radius 1 is 1.13 bits per heavy atom. The van der Waals surface area contributed by atoms with E-state index >= 15 is 0 Å². The molecule has 0 radical (unpaired) electrons. The number of carboxylic acids is 1. The van der Waals surface area contributed by atoms with Gasteiger partial charge in [0.25, 0.3) is 0 Å². The third kappa shape index (κ3) is 6.58. The largest absolute Gasteiger partial charge is 0.478 e. The van der Waals surface area contributed by atoms with Gasteiger partial charge in [-0.05, 0) is 36.5 Å². The van der Waals surface area contributed by atoms with E-state index in [2.05, 4.69) is 19.2 Å². The van der Waals surface area contributed by atoms with Gasteiger partial charge in [-0.1, -0.05) is 67.4 Å². The number of aliphatic carboxylic acids is 1. The van der Waals surface area contributed by atoms with Crippen molar-refractivity contribution in [2.24, 2.45) is 29.1 Å². The minimum Gasteiger partial charge on any atom is -0.478 e. The van der Waals surface area contributed by atoms with Crippen molar-refractivity contribution in [1.82, 2.24) is 10.2 Å². The Morgan fingerprint density at radius 2 is 1.70 bits per heavy atom. The summed E-state index contributed by atoms with van der Waals surface area (Å²) in [5.41, 5.74) is -0.271. The van der Waals surface area contributed by atoms with Gasteiger partial charge in [-0.3, -0.25) is 9.59 Å². The molecule has 3 unspecified atom stereocenters. The second-order valence-corrected chi connectivity index (χ2v) is 10.5. The Hall–Kier alpha value is -1.85. The summed E-state index contributed by atoms with van der Waals surface area (Å²) in [4.78, 5) is 39.5. The molecule has 30 heavy (non-hydrogen) atoms. The van der Waals surface area contributed by atoms with Crippen LogP contribution in [-0.4, -0.2) is 46.9 Å². The normalized spacial score (nSPS) is 24.9. The minimum absolute atomic E-state index is 0.0313. The van der Waals surface area contributed by atoms with Crippen molar-refractivity contribution in [1.29, 1.82) is 0 Å². The van der Waals surface area contributed by atoms with Crippen LogP contribution in [-0.2, 0) is 14.4 Å². The quantitative estimate of drug-likeness (QED) is 0.605. The number of carbonyl (C=O) groups is 3. The minimum atomic E-state index is -0.998. The van der Waals surface area contributed by atoms with E-state index in [4.69, 9.17) is 0 Å². The highest BCUT2D eigenvalue weighted by Crippen LogP contribution is 2.35. The second kappa shape index (κ2) is 10.5. The average molecular weight is 423 g/mol. The highest BCUT2D eigenvalue weighted by atomic mass is 16.4. The summed E-state index contributed by atoms with van der Waals surface area (Å²) in [6.07, 6.45) is 4.65. The van der Waals surface area contributed by atoms with Gasteiger partial charge in [-0.15, -0.1) is 0 Å². The van der Waals surface area contributed by atoms with Gasteiger partial charge in [0.15, 0.2) is 0 Å². The van der Waals surface area contributed by atoms with Crippen LogP contribution >= 0.6 is 0 Å². The molecule has 2 N–H and O–H groups in total. The lowest BCUT2D eigenvalue weighted by atomic mass is 9.73. The monoisotopic (exact) mass is 422 g/mol. The molecule has 1 saturated carbocycles. The molecular formula is C24H42N2O4. The Labute approximate surface area is 182 Å². The lowest BCUT2D eigenvalue weighted by Gasteiger charge is -2.39. The summed E-state index contributed by atoms with van der Waals surface area (Å²) in [7, 11) is 1.69. The number of rotatable bonds is 7. The first-order valence-corrected chi connectivity index (χ1v) is 11.2. The summed E-state index contributed by atoms with van der Waals surface area (Å²) < 4.78 is 0. The van der Waals surface area contributed by atoms with Gasteiger partial charge in [0.2, 0.25) is 11.8 Å². The van der Waals surface area contributed by atoms with Gasteiger partial charge in [0, 0.05) is 18.5 Å². The fourth-order valence-corrected chi connectivity index (χ4v) is 4.28. The molecular weight excluding hydrogens is 380 g/mol. The molecule has 1 aliphatic rings. The third-order valence-corrected chi connectivity index (χ3v) is 6.68. The van der Waals surface area contributed by atoms with Crippen molar-refractivity contribution in [2.45, 2.75) is 86.7 Å². The Kier molecular flexibility index (Phi) is 9.12. The Morgan fingerprint density at radius 3 is 2.17 bits per heavy atom. The zero-order valence-corrected chi connectivity index (χ0v) is 20.3. The zero-order valence-electron chi connectivity index (χ0n) is 20.3. The predicted molar refractivity (Wildman–Crippen MR) is 120 cm³/mol. The summed E-state index contributed by atoms with van der Waals surface area (Å²) in [5.74, 6) is -0.500. The summed E-state index contributed by atoms with van der Waals surface area (Å²) >= 11 is 0. The van der Waals surface area contributed by atoms with Gasteiger partial charge in [0.1, 0.15) is 6.04 Å². The van der Waals surface area contributed by atoms with E-state index < -0.39 is 17.4 Å². The third-order valence-electron chi connectivity index (χ3n) is 6.68. The summed E-state index contributed by atoms with van der Waals surface area (Å²) in [6.45, 7) is 15.6. The number of carbonyl (C=O) groups excluding carboxylic acids is 2. The molecule has 6 heteroatoms. The molecule has 5 atom stereocenters. The van der Waals surface area contributed by atoms with Crippen LogP contribution in [0.1, 0.15) is 74.7 Å². The number of amides is 2. The molecule has 0 saturated heterocycles. The highest BCUT2D eigenvalue weighted by Gasteiger charge is 2.40. The first-order valence-electron chi connectivity index (χ1n) is 11.2. The molecule has 0 heterocycles. The first kappa shape index (κ1) is 26.2. The van der Waals surface area contributed by atoms with Crippen LogP contribution in [0.5, 0.6) is 0 Å². The topological polar surface area (TPSA) is 86.7 Å². The molecule has 172 valence electrons. The summed E-state index contributed by atoms with van der Waals surface area (Å²) in [6, 6.07) is -1.05. The van der Waals surface area contributed by atoms with Crippen LogP contribution in [0.25, 0.3) is 0 Å². The first-order chi connectivity index (χ1) is 13.7. The standard InChI is InChI=1S/C24H42N2O4/c1-14(2)19(13-16(4)23(29)30)26(9)22(28)20(24(6,7)8)25-21(27)18-12-10-11-15(3)17(18)5/h13-15,17-20H,10-12H2,1-9H3,(H,25,27)(H,29,30)/b16-13+/t15?,17?,18?,19-,20-/m1/s1. The van der Waals surface area contributed by atoms with Gasteiger partial charge in [0.05, 0.1) is 6.04 Å². The molecule has 6 nitrogen and oxygen atoms in total. The van der Waals surface area contributed by atoms with Crippen molar-refractivity contribution in [2.75, 3.05) is 7.05 Å². The smallest absolute Gasteiger partial charge is 0.331 e. The average Bonchev–Trinajstić information content (AvgIpc) is 2.63. The second-order valence-electron chi connectivity index (χ2n) is 10.5. The van der Waals surface area contributed by atoms with E-state index in [0.29, 0.717) is 5.92 Å². The van der Waals surface area contributed by atoms with Crippen LogP contribution in [0.15, 0.2) is 11.6 Å². The van der Waals surface area contributed by atoms with E-state index in [1.807, 2.05) is 34.6 Å². The number of carboxylic acid groups (broad SMARTS) is 1. The van der Waals surface area contributed by atoms with E-state index in [9.17, 15) is 19.5 Å². The summed E-state index contributed by atoms with van der Waals surface area (Å²) in [5, 5.41) is 12.3. The van der Waals surface area contributed by atoms with Gasteiger partial charge < -0.3 is 15.3 Å². The van der Waals surface area contributed by atoms with E-state index in [1.54, 1.807) is 18.0 Å². The van der Waals surface area contributed by atoms with E-state index in [-0.39, 0.29) is 41.2 Å². The molecule has 1 fully saturated rings. The maximum absolute atomic E-state index is 13.5. The van der Waals surface area contributed by atoms with Gasteiger partial charge in [-0.25, -0.2) is 4.79 Å². The Bertz CT molecular complexity index is 663. The van der Waals surface area contributed by atoms with Crippen LogP contribution in [0, 0.1) is 29.1 Å². The van der Waals surface area contributed by atoms with Crippen molar-refractivity contribution in [3.05, 3.63) is 11.6 Å². The lowest BCUT2D eigenvalue weighted by Crippen LogP contribution is -2.57. The van der Waals surface area contributed by atoms with Gasteiger partial charge in [-0.2, -0.15) is 0 Å². The fourth-order valence-electron chi connectivity index (χ4n) is 4.28. The predicted octanol–water partition coefficient (Wildman–Crippen LogP) is 4.10. The highest BCUT2D eigenvalue weighted by molar-refractivity contribution is 5.90. The molecule has 2 amide bonds. The van der Waals surface area contributed by atoms with Crippen molar-refractivity contribution < 1.29 is 19.5 Å². The van der Waals surface area contributed by atoms with Gasteiger partial charge >= 0.3 is 5.97 Å². The van der Waals surface area contributed by atoms with Crippen LogP contribution < -0.4 is 5.32 Å². The van der Waals surface area contributed by atoms with Crippen LogP contribution in [0.4, 0.5) is 0 Å². The number of hydrogen-bond acceptors (Lipinski definition) is 3. The molecule has 1 rings (SSSR count). The van der Waals surface area contributed by atoms with Crippen molar-refractivity contribution in [3.63, 3.8) is 0 Å². The Balaban J connectivity index is 3.12. The molecule has 0 aromatic carbocycles. The zero-order chi connectivity index (χ0) is 23.4. The number of nitrogens with one attached hydrogen (secondary N) is 1. The van der Waals surface area contributed by atoms with E-state index in [0.717, 1.165) is 19.3 Å². The lowest BCUT2D eigenvalue weighted by molar-refractivity contribution is -0.142. The molecule has 0 aromatic rings. The molecule has 1 aliphatic carbocycles. The van der Waals surface area contributed by atoms with E-state index in [1.165, 1.54) is 6.92 Å². The van der Waals surface area contributed by atoms with Crippen molar-refractivity contribution >= 4 is 17.8 Å². The number of nitrogens with zero attached hydrogens (tertiary/aromatic N) is 1. The molecule has 0 aliphatic heterocycles. The van der Waals surface area contributed by atoms with Crippen LogP contribution in [0.3, 0.4) is 0 Å². The van der Waals surface area contributed by atoms with Crippen LogP contribution in [0.2, 0.25) is 0 Å². The number of likely N-dealkylation sites (N-methyl/N-ethyl adjacent to an activating group) is 1.